The van der Waals surface area contributed by atoms with E-state index in [2.05, 4.69) is 15.3 Å². The average molecular weight is 732 g/mol. The Labute approximate surface area is 312 Å². The fourth-order valence-corrected chi connectivity index (χ4v) is 8.18. The van der Waals surface area contributed by atoms with E-state index in [0.29, 0.717) is 12.8 Å². The number of nitrogens with zero attached hydrogens (tertiary/aromatic N) is 4. The predicted octanol–water partition coefficient (Wildman–Crippen LogP) is 1.37. The minimum atomic E-state index is -1.09. The Bertz CT molecular complexity index is 2160. The number of H-pyrrole nitrogens is 1. The van der Waals surface area contributed by atoms with Gasteiger partial charge in [0.05, 0.1) is 6.54 Å². The summed E-state index contributed by atoms with van der Waals surface area (Å²) in [5.41, 5.74) is 23.4. The van der Waals surface area contributed by atoms with Gasteiger partial charge in [0.15, 0.2) is 5.96 Å². The van der Waals surface area contributed by atoms with Gasteiger partial charge >= 0.3 is 0 Å². The van der Waals surface area contributed by atoms with Crippen molar-refractivity contribution < 1.29 is 24.0 Å². The zero-order valence-corrected chi connectivity index (χ0v) is 30.2. The molecule has 54 heavy (non-hydrogen) atoms. The summed E-state index contributed by atoms with van der Waals surface area (Å²) in [6, 6.07) is 19.2. The number of rotatable bonds is 9. The number of hydrogen-bond acceptors (Lipinski definition) is 6. The Balaban J connectivity index is 1.19. The monoisotopic (exact) mass is 731 g/mol. The number of aromatic amines is 1. The molecule has 4 aromatic rings. The van der Waals surface area contributed by atoms with Crippen molar-refractivity contribution in [3.8, 4) is 0 Å². The van der Waals surface area contributed by atoms with Crippen molar-refractivity contribution in [1.29, 1.82) is 0 Å². The molecule has 3 aliphatic heterocycles. The molecule has 3 aliphatic rings. The topological polar surface area (TPSA) is 213 Å². The highest BCUT2D eigenvalue weighted by Crippen LogP contribution is 2.32. The van der Waals surface area contributed by atoms with Gasteiger partial charge in [-0.05, 0) is 46.7 Å². The van der Waals surface area contributed by atoms with Crippen molar-refractivity contribution >= 4 is 46.4 Å². The summed E-state index contributed by atoms with van der Waals surface area (Å²) in [6.45, 7) is 2.17. The van der Waals surface area contributed by atoms with Gasteiger partial charge in [0.2, 0.25) is 29.5 Å². The van der Waals surface area contributed by atoms with E-state index in [0.717, 1.165) is 44.4 Å². The van der Waals surface area contributed by atoms with Crippen LogP contribution in [0.25, 0.3) is 10.9 Å². The van der Waals surface area contributed by atoms with E-state index in [1.165, 1.54) is 16.7 Å². The van der Waals surface area contributed by atoms with E-state index in [4.69, 9.17) is 17.2 Å². The van der Waals surface area contributed by atoms with Crippen LogP contribution < -0.4 is 22.5 Å². The molecule has 7 rings (SSSR count). The Kier molecular flexibility index (Phi) is 10.1. The van der Waals surface area contributed by atoms with Crippen LogP contribution in [0.2, 0.25) is 0 Å². The van der Waals surface area contributed by atoms with Gasteiger partial charge in [-0.25, -0.2) is 0 Å². The van der Waals surface area contributed by atoms with Gasteiger partial charge in [-0.2, -0.15) is 0 Å². The smallest absolute Gasteiger partial charge is 0.246 e. The first-order valence-electron chi connectivity index (χ1n) is 18.3. The maximum absolute atomic E-state index is 14.6. The van der Waals surface area contributed by atoms with E-state index in [-0.39, 0.29) is 63.2 Å². The quantitative estimate of drug-likeness (QED) is 0.0968. The molecule has 1 aromatic heterocycles. The van der Waals surface area contributed by atoms with E-state index >= 15 is 0 Å². The van der Waals surface area contributed by atoms with Crippen LogP contribution in [0.1, 0.15) is 53.3 Å². The van der Waals surface area contributed by atoms with Crippen molar-refractivity contribution in [3.63, 3.8) is 0 Å². The van der Waals surface area contributed by atoms with Crippen molar-refractivity contribution in [2.45, 2.75) is 82.8 Å². The molecular formula is C40H45N9O5. The van der Waals surface area contributed by atoms with Gasteiger partial charge < -0.3 is 42.2 Å². The third-order valence-electron chi connectivity index (χ3n) is 10.9. The number of carbonyl (C=O) groups excluding carboxylic acids is 5. The summed E-state index contributed by atoms with van der Waals surface area (Å²) >= 11 is 0. The van der Waals surface area contributed by atoms with Gasteiger partial charge in [-0.15, -0.1) is 0 Å². The van der Waals surface area contributed by atoms with Crippen LogP contribution in [0.4, 0.5) is 0 Å². The minimum Gasteiger partial charge on any atom is -0.370 e. The molecule has 0 fully saturated rings. The maximum Gasteiger partial charge on any atom is 0.246 e. The predicted molar refractivity (Wildman–Crippen MR) is 202 cm³/mol. The van der Waals surface area contributed by atoms with Crippen LogP contribution in [0.5, 0.6) is 0 Å². The van der Waals surface area contributed by atoms with Crippen LogP contribution in [0, 0.1) is 0 Å². The molecule has 0 saturated heterocycles. The normalized spacial score (nSPS) is 19.6. The number of nitrogens with one attached hydrogen (secondary N) is 2. The lowest BCUT2D eigenvalue weighted by molar-refractivity contribution is -0.152. The SMILES string of the molecule is CC(=O)N1Cc2ccccc2C[C@H]1C(=O)N1Cc2ccccc2C[C@H]1C(=O)N[C@@H](CCCN=C(N)N)C(=O)N1Cc2[nH]c3ccccc3c2CC1C(N)=O. The van der Waals surface area contributed by atoms with Crippen LogP contribution in [-0.2, 0) is 62.9 Å². The molecule has 0 bridgehead atoms. The number of guanidine groups is 1. The summed E-state index contributed by atoms with van der Waals surface area (Å²) in [7, 11) is 0. The van der Waals surface area contributed by atoms with Crippen molar-refractivity contribution in [3.05, 3.63) is 106 Å². The second kappa shape index (κ2) is 15.0. The second-order valence-corrected chi connectivity index (χ2v) is 14.3. The fraction of sp³-hybridized carbons (Fsp3) is 0.350. The lowest BCUT2D eigenvalue weighted by atomic mass is 9.89. The van der Waals surface area contributed by atoms with E-state index < -0.39 is 41.9 Å². The molecular weight excluding hydrogens is 686 g/mol. The molecule has 14 nitrogen and oxygen atoms in total. The first-order chi connectivity index (χ1) is 26.0. The van der Waals surface area contributed by atoms with E-state index in [1.807, 2.05) is 72.8 Å². The Morgan fingerprint density at radius 2 is 1.37 bits per heavy atom. The van der Waals surface area contributed by atoms with Gasteiger partial charge in [0.25, 0.3) is 0 Å². The summed E-state index contributed by atoms with van der Waals surface area (Å²) in [5, 5.41) is 3.93. The maximum atomic E-state index is 14.6. The Hall–Kier alpha value is -6.18. The zero-order chi connectivity index (χ0) is 38.1. The molecule has 3 aromatic carbocycles. The molecule has 8 N–H and O–H groups in total. The van der Waals surface area contributed by atoms with Crippen LogP contribution in [0.15, 0.2) is 77.8 Å². The first-order valence-corrected chi connectivity index (χ1v) is 18.3. The number of para-hydroxylation sites is 1. The fourth-order valence-electron chi connectivity index (χ4n) is 8.18. The Morgan fingerprint density at radius 1 is 0.759 bits per heavy atom. The molecule has 0 saturated carbocycles. The number of aliphatic imine (C=N–C) groups is 1. The standard InChI is InChI=1S/C40H45N9O5/c1-23(50)47-20-26-11-4-3-10-25(26)18-35(47)39(54)48-21-27-12-5-2-9-24(27)17-34(48)37(52)46-31(15-8-16-44-40(42)43)38(53)49-22-32-29(19-33(49)36(41)51)28-13-6-7-14-30(28)45-32/h2-7,9-14,31,33-35,45H,8,15-22H2,1H3,(H2,41,51)(H,46,52)(H4,42,43,44)/t31-,33?,34-,35-/m0/s1. The van der Waals surface area contributed by atoms with Crippen LogP contribution in [-0.4, -0.2) is 85.9 Å². The first kappa shape index (κ1) is 36.2. The minimum absolute atomic E-state index is 0.0855. The number of nitrogens with two attached hydrogens (primary N) is 3. The number of primary amides is 1. The highest BCUT2D eigenvalue weighted by molar-refractivity contribution is 5.97. The zero-order valence-electron chi connectivity index (χ0n) is 30.2. The lowest BCUT2D eigenvalue weighted by Gasteiger charge is -2.42. The molecule has 280 valence electrons. The number of amides is 5. The number of carbonyl (C=O) groups is 5. The van der Waals surface area contributed by atoms with Gasteiger partial charge in [0, 0.05) is 62.4 Å². The Morgan fingerprint density at radius 3 is 2.02 bits per heavy atom. The van der Waals surface area contributed by atoms with Crippen molar-refractivity contribution in [2.24, 2.45) is 22.2 Å². The van der Waals surface area contributed by atoms with Gasteiger partial charge in [0.1, 0.15) is 24.2 Å². The van der Waals surface area contributed by atoms with Crippen LogP contribution >= 0.6 is 0 Å². The molecule has 4 heterocycles. The number of aromatic nitrogens is 1. The largest absolute Gasteiger partial charge is 0.370 e. The molecule has 4 atom stereocenters. The second-order valence-electron chi connectivity index (χ2n) is 14.3. The van der Waals surface area contributed by atoms with Gasteiger partial charge in [-0.1, -0.05) is 66.7 Å². The highest BCUT2D eigenvalue weighted by atomic mass is 16.2. The highest BCUT2D eigenvalue weighted by Gasteiger charge is 2.44. The molecule has 0 radical (unpaired) electrons. The van der Waals surface area contributed by atoms with Gasteiger partial charge in [-0.3, -0.25) is 29.0 Å². The summed E-state index contributed by atoms with van der Waals surface area (Å²) in [4.78, 5) is 81.6. The molecule has 14 heteroatoms. The number of benzene rings is 3. The molecule has 0 aliphatic carbocycles. The van der Waals surface area contributed by atoms with E-state index in [1.54, 1.807) is 4.90 Å². The van der Waals surface area contributed by atoms with E-state index in [9.17, 15) is 24.0 Å². The average Bonchev–Trinajstić information content (AvgIpc) is 3.54. The molecule has 5 amide bonds. The molecule has 0 spiro atoms. The summed E-state index contributed by atoms with van der Waals surface area (Å²) in [5.74, 6) is -2.35. The summed E-state index contributed by atoms with van der Waals surface area (Å²) in [6.07, 6.45) is 1.22. The number of fused-ring (bicyclic) bond motifs is 5. The molecule has 1 unspecified atom stereocenters. The third-order valence-corrected chi connectivity index (χ3v) is 10.9. The number of hydrogen-bond donors (Lipinski definition) is 5. The third kappa shape index (κ3) is 7.10. The lowest BCUT2D eigenvalue weighted by Crippen LogP contribution is -2.62. The van der Waals surface area contributed by atoms with Crippen molar-refractivity contribution in [2.75, 3.05) is 6.54 Å². The summed E-state index contributed by atoms with van der Waals surface area (Å²) < 4.78 is 0. The van der Waals surface area contributed by atoms with Crippen molar-refractivity contribution in [1.82, 2.24) is 25.0 Å². The van der Waals surface area contributed by atoms with Crippen LogP contribution in [0.3, 0.4) is 0 Å².